The first-order valence-electron chi connectivity index (χ1n) is 4.35. The minimum absolute atomic E-state index is 0.980. The predicted molar refractivity (Wildman–Crippen MR) is 55.3 cm³/mol. The molecule has 0 spiro atoms. The molecule has 0 bridgehead atoms. The topological polar surface area (TPSA) is 25.8 Å². The van der Waals surface area contributed by atoms with Gasteiger partial charge in [0.1, 0.15) is 6.33 Å². The fourth-order valence-corrected chi connectivity index (χ4v) is 0.992. The standard InChI is InChI=1S/C11H14N2/c1-4-9(3)6-11-10(5-2)7-12-8-13-11/h4-8H,1-3H3. The lowest BCUT2D eigenvalue weighted by Crippen LogP contribution is -2.28. The van der Waals surface area contributed by atoms with Gasteiger partial charge in [0.15, 0.2) is 0 Å². The Morgan fingerprint density at radius 2 is 2.15 bits per heavy atom. The molecule has 68 valence electrons. The van der Waals surface area contributed by atoms with Gasteiger partial charge in [0.2, 0.25) is 0 Å². The van der Waals surface area contributed by atoms with Crippen molar-refractivity contribution >= 4 is 12.2 Å². The number of aromatic nitrogens is 2. The second-order valence-corrected chi connectivity index (χ2v) is 2.83. The highest BCUT2D eigenvalue weighted by atomic mass is 14.8. The highest BCUT2D eigenvalue weighted by Gasteiger charge is 1.85. The van der Waals surface area contributed by atoms with Crippen LogP contribution in [0.5, 0.6) is 0 Å². The summed E-state index contributed by atoms with van der Waals surface area (Å²) in [5.41, 5.74) is 1.21. The lowest BCUT2D eigenvalue weighted by molar-refractivity contribution is 1.10. The molecule has 0 atom stereocenters. The minimum Gasteiger partial charge on any atom is -0.244 e. The average Bonchev–Trinajstić information content (AvgIpc) is 2.18. The summed E-state index contributed by atoms with van der Waals surface area (Å²) in [6, 6.07) is 0. The SMILES string of the molecule is CC=C(C)C=c1ncncc1=CC. The Bertz CT molecular complexity index is 416. The third-order valence-electron chi connectivity index (χ3n) is 1.90. The van der Waals surface area contributed by atoms with E-state index in [4.69, 9.17) is 0 Å². The van der Waals surface area contributed by atoms with Crippen molar-refractivity contribution in [3.05, 3.63) is 34.7 Å². The van der Waals surface area contributed by atoms with E-state index in [9.17, 15) is 0 Å². The molecule has 2 nitrogen and oxygen atoms in total. The van der Waals surface area contributed by atoms with Crippen LogP contribution < -0.4 is 10.6 Å². The molecule has 1 aromatic heterocycles. The fraction of sp³-hybridized carbons (Fsp3) is 0.273. The smallest absolute Gasteiger partial charge is 0.116 e. The molecular formula is C11H14N2. The first kappa shape index (κ1) is 9.65. The van der Waals surface area contributed by atoms with Crippen LogP contribution in [0.2, 0.25) is 0 Å². The number of rotatable bonds is 1. The second kappa shape index (κ2) is 4.55. The summed E-state index contributed by atoms with van der Waals surface area (Å²) in [5.74, 6) is 0. The van der Waals surface area contributed by atoms with Gasteiger partial charge < -0.3 is 0 Å². The molecule has 1 aromatic rings. The number of allylic oxidation sites excluding steroid dienone is 2. The fourth-order valence-electron chi connectivity index (χ4n) is 0.992. The molecule has 0 saturated carbocycles. The van der Waals surface area contributed by atoms with E-state index in [2.05, 4.69) is 29.0 Å². The molecule has 0 saturated heterocycles. The van der Waals surface area contributed by atoms with Crippen LogP contribution in [0.25, 0.3) is 12.2 Å². The van der Waals surface area contributed by atoms with Crippen molar-refractivity contribution in [2.24, 2.45) is 0 Å². The van der Waals surface area contributed by atoms with Crippen molar-refractivity contribution in [1.82, 2.24) is 9.97 Å². The van der Waals surface area contributed by atoms with Crippen molar-refractivity contribution in [1.29, 1.82) is 0 Å². The van der Waals surface area contributed by atoms with Crippen LogP contribution in [-0.4, -0.2) is 9.97 Å². The molecule has 0 amide bonds. The third-order valence-corrected chi connectivity index (χ3v) is 1.90. The molecule has 13 heavy (non-hydrogen) atoms. The van der Waals surface area contributed by atoms with Gasteiger partial charge in [-0.05, 0) is 26.8 Å². The quantitative estimate of drug-likeness (QED) is 0.635. The van der Waals surface area contributed by atoms with E-state index in [0.29, 0.717) is 0 Å². The molecule has 0 N–H and O–H groups in total. The van der Waals surface area contributed by atoms with E-state index >= 15 is 0 Å². The van der Waals surface area contributed by atoms with Gasteiger partial charge in [-0.3, -0.25) is 0 Å². The largest absolute Gasteiger partial charge is 0.244 e. The summed E-state index contributed by atoms with van der Waals surface area (Å²) < 4.78 is 0. The molecule has 0 radical (unpaired) electrons. The first-order chi connectivity index (χ1) is 6.27. The van der Waals surface area contributed by atoms with Gasteiger partial charge in [0.25, 0.3) is 0 Å². The number of nitrogens with zero attached hydrogens (tertiary/aromatic N) is 2. The van der Waals surface area contributed by atoms with Crippen LogP contribution >= 0.6 is 0 Å². The lowest BCUT2D eigenvalue weighted by atomic mass is 10.2. The Labute approximate surface area is 78.4 Å². The minimum atomic E-state index is 0.980. The van der Waals surface area contributed by atoms with Gasteiger partial charge in [-0.2, -0.15) is 0 Å². The molecule has 0 unspecified atom stereocenters. The van der Waals surface area contributed by atoms with Crippen LogP contribution in [0.15, 0.2) is 24.2 Å². The Kier molecular flexibility index (Phi) is 3.38. The molecule has 1 heterocycles. The maximum atomic E-state index is 4.20. The average molecular weight is 174 g/mol. The van der Waals surface area contributed by atoms with Gasteiger partial charge in [-0.1, -0.05) is 17.7 Å². The van der Waals surface area contributed by atoms with Gasteiger partial charge in [-0.25, -0.2) is 9.97 Å². The Hall–Kier alpha value is -1.44. The highest BCUT2D eigenvalue weighted by molar-refractivity contribution is 5.43. The van der Waals surface area contributed by atoms with Crippen LogP contribution in [0.4, 0.5) is 0 Å². The Morgan fingerprint density at radius 1 is 1.38 bits per heavy atom. The van der Waals surface area contributed by atoms with Crippen LogP contribution in [0, 0.1) is 0 Å². The van der Waals surface area contributed by atoms with Gasteiger partial charge >= 0.3 is 0 Å². The van der Waals surface area contributed by atoms with E-state index in [-0.39, 0.29) is 0 Å². The number of hydrogen-bond donors (Lipinski definition) is 0. The van der Waals surface area contributed by atoms with Crippen LogP contribution in [0.1, 0.15) is 20.8 Å². The Morgan fingerprint density at radius 3 is 2.77 bits per heavy atom. The van der Waals surface area contributed by atoms with Gasteiger partial charge in [-0.15, -0.1) is 0 Å². The van der Waals surface area contributed by atoms with E-state index < -0.39 is 0 Å². The molecule has 0 aliphatic carbocycles. The van der Waals surface area contributed by atoms with Crippen molar-refractivity contribution in [2.75, 3.05) is 0 Å². The van der Waals surface area contributed by atoms with Crippen molar-refractivity contribution < 1.29 is 0 Å². The zero-order chi connectivity index (χ0) is 9.68. The lowest BCUT2D eigenvalue weighted by Gasteiger charge is -1.90. The molecule has 0 aromatic carbocycles. The molecule has 1 rings (SSSR count). The maximum Gasteiger partial charge on any atom is 0.116 e. The Balaban J connectivity index is 3.38. The molecular weight excluding hydrogens is 160 g/mol. The summed E-state index contributed by atoms with van der Waals surface area (Å²) in [6.07, 6.45) is 9.51. The zero-order valence-corrected chi connectivity index (χ0v) is 8.28. The highest BCUT2D eigenvalue weighted by Crippen LogP contribution is 1.90. The summed E-state index contributed by atoms with van der Waals surface area (Å²) in [5, 5.41) is 2.05. The summed E-state index contributed by atoms with van der Waals surface area (Å²) in [7, 11) is 0. The second-order valence-electron chi connectivity index (χ2n) is 2.83. The van der Waals surface area contributed by atoms with Crippen molar-refractivity contribution in [3.8, 4) is 0 Å². The molecule has 0 aliphatic heterocycles. The number of hydrogen-bond acceptors (Lipinski definition) is 2. The van der Waals surface area contributed by atoms with Gasteiger partial charge in [0, 0.05) is 11.4 Å². The predicted octanol–water partition coefficient (Wildman–Crippen LogP) is 1.02. The van der Waals surface area contributed by atoms with Crippen molar-refractivity contribution in [2.45, 2.75) is 20.8 Å². The van der Waals surface area contributed by atoms with Crippen LogP contribution in [-0.2, 0) is 0 Å². The summed E-state index contributed by atoms with van der Waals surface area (Å²) in [4.78, 5) is 8.17. The van der Waals surface area contributed by atoms with E-state index in [1.165, 1.54) is 5.57 Å². The van der Waals surface area contributed by atoms with E-state index in [1.54, 1.807) is 6.33 Å². The third kappa shape index (κ3) is 2.51. The first-order valence-corrected chi connectivity index (χ1v) is 4.35. The van der Waals surface area contributed by atoms with Crippen LogP contribution in [0.3, 0.4) is 0 Å². The summed E-state index contributed by atoms with van der Waals surface area (Å²) in [6.45, 7) is 6.06. The molecule has 0 fully saturated rings. The molecule has 2 heteroatoms. The maximum absolute atomic E-state index is 4.20. The normalized spacial score (nSPS) is 15.2. The monoisotopic (exact) mass is 174 g/mol. The van der Waals surface area contributed by atoms with E-state index in [0.717, 1.165) is 10.6 Å². The summed E-state index contributed by atoms with van der Waals surface area (Å²) >= 11 is 0. The molecule has 0 aliphatic rings. The zero-order valence-electron chi connectivity index (χ0n) is 8.28. The van der Waals surface area contributed by atoms with Gasteiger partial charge in [0.05, 0.1) is 5.35 Å². The van der Waals surface area contributed by atoms with Crippen molar-refractivity contribution in [3.63, 3.8) is 0 Å². The van der Waals surface area contributed by atoms with E-state index in [1.807, 2.05) is 26.1 Å².